The summed E-state index contributed by atoms with van der Waals surface area (Å²) in [6, 6.07) is 0. The zero-order valence-electron chi connectivity index (χ0n) is 8.50. The van der Waals surface area contributed by atoms with Crippen molar-refractivity contribution >= 4 is 18.1 Å². The average Bonchev–Trinajstić information content (AvgIpc) is 2.53. The number of carbonyl (C=O) groups is 1. The van der Waals surface area contributed by atoms with Gasteiger partial charge in [-0.3, -0.25) is 14.5 Å². The van der Waals surface area contributed by atoms with E-state index in [0.717, 1.165) is 6.42 Å². The molecule has 7 heteroatoms. The number of amides is 1. The number of rotatable bonds is 5. The van der Waals surface area contributed by atoms with Gasteiger partial charge in [0, 0.05) is 19.5 Å². The van der Waals surface area contributed by atoms with E-state index in [1.165, 1.54) is 4.57 Å². The summed E-state index contributed by atoms with van der Waals surface area (Å²) in [5.41, 5.74) is -0.316. The number of carbonyl (C=O) groups excluding carboxylic acids is 1. The zero-order valence-corrected chi connectivity index (χ0v) is 9.32. The van der Waals surface area contributed by atoms with Gasteiger partial charge in [-0.2, -0.15) is 0 Å². The first kappa shape index (κ1) is 11.7. The summed E-state index contributed by atoms with van der Waals surface area (Å²) >= 11 is 4.86. The monoisotopic (exact) mass is 230 g/mol. The first-order chi connectivity index (χ1) is 7.15. The molecule has 0 fully saturated rings. The van der Waals surface area contributed by atoms with E-state index in [9.17, 15) is 9.59 Å². The van der Waals surface area contributed by atoms with Crippen molar-refractivity contribution in [2.75, 3.05) is 6.54 Å². The van der Waals surface area contributed by atoms with Crippen LogP contribution >= 0.6 is 12.2 Å². The van der Waals surface area contributed by atoms with Crippen LogP contribution in [-0.2, 0) is 11.3 Å². The maximum Gasteiger partial charge on any atom is 0.342 e. The highest BCUT2D eigenvalue weighted by atomic mass is 32.1. The summed E-state index contributed by atoms with van der Waals surface area (Å²) < 4.78 is 1.63. The van der Waals surface area contributed by atoms with Gasteiger partial charge in [0.1, 0.15) is 0 Å². The third-order valence-electron chi connectivity index (χ3n) is 1.90. The molecule has 0 aromatic carbocycles. The molecule has 0 aliphatic rings. The van der Waals surface area contributed by atoms with E-state index in [-0.39, 0.29) is 18.0 Å². The van der Waals surface area contributed by atoms with E-state index in [0.29, 0.717) is 17.9 Å². The number of aromatic amines is 2. The molecule has 0 aliphatic heterocycles. The number of nitrogens with zero attached hydrogens (tertiary/aromatic N) is 1. The van der Waals surface area contributed by atoms with Gasteiger partial charge in [0.15, 0.2) is 4.77 Å². The number of aromatic nitrogens is 3. The zero-order chi connectivity index (χ0) is 11.3. The Bertz CT molecular complexity index is 403. The minimum atomic E-state index is -0.316. The van der Waals surface area contributed by atoms with Crippen LogP contribution in [0.2, 0.25) is 0 Å². The third-order valence-corrected chi connectivity index (χ3v) is 2.22. The Hall–Kier alpha value is -1.37. The van der Waals surface area contributed by atoms with Gasteiger partial charge in [0.25, 0.3) is 0 Å². The molecule has 0 spiro atoms. The van der Waals surface area contributed by atoms with Gasteiger partial charge >= 0.3 is 5.69 Å². The van der Waals surface area contributed by atoms with Crippen LogP contribution in [0.1, 0.15) is 19.8 Å². The Balaban J connectivity index is 2.47. The summed E-state index contributed by atoms with van der Waals surface area (Å²) in [6.07, 6.45) is 1.16. The number of hydrogen-bond donors (Lipinski definition) is 3. The molecule has 15 heavy (non-hydrogen) atoms. The molecule has 6 nitrogen and oxygen atoms in total. The summed E-state index contributed by atoms with van der Waals surface area (Å²) in [5.74, 6) is -0.0700. The van der Waals surface area contributed by atoms with Gasteiger partial charge in [-0.1, -0.05) is 6.92 Å². The summed E-state index contributed by atoms with van der Waals surface area (Å²) in [5, 5.41) is 7.59. The Labute approximate surface area is 91.7 Å². The molecule has 0 bridgehead atoms. The van der Waals surface area contributed by atoms with Gasteiger partial charge in [-0.25, -0.2) is 9.89 Å². The first-order valence-corrected chi connectivity index (χ1v) is 5.20. The second-order valence-electron chi connectivity index (χ2n) is 3.11. The lowest BCUT2D eigenvalue weighted by Gasteiger charge is -2.02. The molecule has 0 unspecified atom stereocenters. The van der Waals surface area contributed by atoms with E-state index >= 15 is 0 Å². The molecular weight excluding hydrogens is 216 g/mol. The number of nitrogens with one attached hydrogen (secondary N) is 3. The van der Waals surface area contributed by atoms with Crippen LogP contribution < -0.4 is 11.0 Å². The van der Waals surface area contributed by atoms with Crippen LogP contribution in [-0.4, -0.2) is 27.2 Å². The topological polar surface area (TPSA) is 82.7 Å². The number of H-pyrrole nitrogens is 2. The largest absolute Gasteiger partial charge is 0.356 e. The first-order valence-electron chi connectivity index (χ1n) is 4.79. The molecule has 0 radical (unpaired) electrons. The van der Waals surface area contributed by atoms with Crippen molar-refractivity contribution in [3.05, 3.63) is 15.3 Å². The van der Waals surface area contributed by atoms with Gasteiger partial charge in [0.2, 0.25) is 5.91 Å². The molecule has 1 rings (SSSR count). The Morgan fingerprint density at radius 2 is 2.27 bits per heavy atom. The van der Waals surface area contributed by atoms with Crippen molar-refractivity contribution in [1.82, 2.24) is 20.1 Å². The Morgan fingerprint density at radius 1 is 1.53 bits per heavy atom. The van der Waals surface area contributed by atoms with Crippen LogP contribution in [0.5, 0.6) is 0 Å². The van der Waals surface area contributed by atoms with Crippen molar-refractivity contribution in [2.24, 2.45) is 0 Å². The molecule has 0 atom stereocenters. The van der Waals surface area contributed by atoms with Crippen LogP contribution in [0.25, 0.3) is 0 Å². The standard InChI is InChI=1S/C8H14N4O2S/c1-2-4-9-6(13)3-5-12-7(14)10-11-8(12)15/h2-5H2,1H3,(H,9,13)(H,10,14)(H,11,15). The molecule has 1 heterocycles. The predicted molar refractivity (Wildman–Crippen MR) is 58.2 cm³/mol. The second kappa shape index (κ2) is 5.50. The highest BCUT2D eigenvalue weighted by Gasteiger charge is 2.04. The molecule has 84 valence electrons. The van der Waals surface area contributed by atoms with E-state index in [1.54, 1.807) is 0 Å². The van der Waals surface area contributed by atoms with E-state index < -0.39 is 0 Å². The fraction of sp³-hybridized carbons (Fsp3) is 0.625. The summed E-state index contributed by atoms with van der Waals surface area (Å²) in [7, 11) is 0. The maximum absolute atomic E-state index is 11.2. The van der Waals surface area contributed by atoms with Crippen LogP contribution in [0, 0.1) is 4.77 Å². The second-order valence-corrected chi connectivity index (χ2v) is 3.50. The smallest absolute Gasteiger partial charge is 0.342 e. The lowest BCUT2D eigenvalue weighted by Crippen LogP contribution is -2.27. The molecule has 3 N–H and O–H groups in total. The van der Waals surface area contributed by atoms with Gasteiger partial charge in [0.05, 0.1) is 0 Å². The molecule has 1 aromatic heterocycles. The normalized spacial score (nSPS) is 10.2. The maximum atomic E-state index is 11.2. The fourth-order valence-electron chi connectivity index (χ4n) is 1.10. The minimum Gasteiger partial charge on any atom is -0.356 e. The molecule has 1 amide bonds. The SMILES string of the molecule is CCCNC(=O)CCn1c(=O)[nH][nH]c1=S. The lowest BCUT2D eigenvalue weighted by molar-refractivity contribution is -0.121. The number of hydrogen-bond acceptors (Lipinski definition) is 3. The van der Waals surface area contributed by atoms with E-state index in [1.807, 2.05) is 6.92 Å². The van der Waals surface area contributed by atoms with Crippen molar-refractivity contribution in [3.63, 3.8) is 0 Å². The van der Waals surface area contributed by atoms with Crippen LogP contribution in [0.3, 0.4) is 0 Å². The molecular formula is C8H14N4O2S. The van der Waals surface area contributed by atoms with Crippen molar-refractivity contribution in [1.29, 1.82) is 0 Å². The van der Waals surface area contributed by atoms with Crippen LogP contribution in [0.4, 0.5) is 0 Å². The quantitative estimate of drug-likeness (QED) is 0.630. The van der Waals surface area contributed by atoms with E-state index in [2.05, 4.69) is 15.5 Å². The van der Waals surface area contributed by atoms with Gasteiger partial charge < -0.3 is 5.32 Å². The highest BCUT2D eigenvalue weighted by molar-refractivity contribution is 7.71. The summed E-state index contributed by atoms with van der Waals surface area (Å²) in [6.45, 7) is 2.94. The fourth-order valence-corrected chi connectivity index (χ4v) is 1.33. The molecule has 0 aliphatic carbocycles. The molecule has 1 aromatic rings. The van der Waals surface area contributed by atoms with Crippen molar-refractivity contribution < 1.29 is 4.79 Å². The average molecular weight is 230 g/mol. The lowest BCUT2D eigenvalue weighted by atomic mass is 10.4. The van der Waals surface area contributed by atoms with Crippen LogP contribution in [0.15, 0.2) is 4.79 Å². The highest BCUT2D eigenvalue weighted by Crippen LogP contribution is 1.88. The predicted octanol–water partition coefficient (Wildman–Crippen LogP) is 0.150. The Kier molecular flexibility index (Phi) is 4.29. The van der Waals surface area contributed by atoms with E-state index in [4.69, 9.17) is 12.2 Å². The Morgan fingerprint density at radius 3 is 2.80 bits per heavy atom. The molecule has 0 saturated heterocycles. The van der Waals surface area contributed by atoms with Gasteiger partial charge in [-0.05, 0) is 18.6 Å². The summed E-state index contributed by atoms with van der Waals surface area (Å²) in [4.78, 5) is 22.4. The minimum absolute atomic E-state index is 0.0700. The molecule has 0 saturated carbocycles. The van der Waals surface area contributed by atoms with Gasteiger partial charge in [-0.15, -0.1) is 0 Å². The van der Waals surface area contributed by atoms with Crippen molar-refractivity contribution in [3.8, 4) is 0 Å². The van der Waals surface area contributed by atoms with Crippen molar-refractivity contribution in [2.45, 2.75) is 26.3 Å². The third kappa shape index (κ3) is 3.35.